The van der Waals surface area contributed by atoms with Gasteiger partial charge in [0.25, 0.3) is 0 Å². The lowest BCUT2D eigenvalue weighted by Gasteiger charge is -2.33. The molecule has 0 bridgehead atoms. The van der Waals surface area contributed by atoms with Crippen LogP contribution in [0.2, 0.25) is 0 Å². The van der Waals surface area contributed by atoms with Gasteiger partial charge in [0.15, 0.2) is 0 Å². The summed E-state index contributed by atoms with van der Waals surface area (Å²) in [5, 5.41) is 9.64. The van der Waals surface area contributed by atoms with Crippen molar-refractivity contribution in [1.29, 1.82) is 0 Å². The maximum absolute atomic E-state index is 6.24. The van der Waals surface area contributed by atoms with E-state index in [1.54, 1.807) is 0 Å². The van der Waals surface area contributed by atoms with Crippen molar-refractivity contribution in [2.24, 2.45) is 0 Å². The van der Waals surface area contributed by atoms with Crippen LogP contribution >= 0.6 is 0 Å². The summed E-state index contributed by atoms with van der Waals surface area (Å²) in [7, 11) is 0. The van der Waals surface area contributed by atoms with E-state index in [-0.39, 0.29) is 0 Å². The van der Waals surface area contributed by atoms with Crippen molar-refractivity contribution in [3.05, 3.63) is 272 Å². The molecule has 1 heterocycles. The average Bonchev–Trinajstić information content (AvgIpc) is 3.80. The zero-order chi connectivity index (χ0) is 48.1. The highest BCUT2D eigenvalue weighted by Gasteiger charge is 2.23. The van der Waals surface area contributed by atoms with E-state index >= 15 is 0 Å². The summed E-state index contributed by atoms with van der Waals surface area (Å²) in [5.41, 5.74) is 15.8. The molecule has 0 fully saturated rings. The summed E-state index contributed by atoms with van der Waals surface area (Å²) in [5.74, 6) is 0. The van der Waals surface area contributed by atoms with Gasteiger partial charge in [-0.25, -0.2) is 0 Å². The minimum Gasteiger partial charge on any atom is -0.456 e. The summed E-state index contributed by atoms with van der Waals surface area (Å²) < 4.78 is 6.24. The standard InChI is InChI=1S/C68H49N3O/c1-46-17-15-23-53(39-46)69(50-19-5-3-6-20-50)56-42-57(70(51-21-7-4-8-22-51)54-24-16-18-47(2)40-54)44-58(43-56)71(55-36-37-63-61-27-10-9-25-59(61)60-26-11-12-28-62(60)65(63)45-55)52-34-31-48(32-35-52)49-33-38-68-66(41-49)64-29-13-14-30-67(64)72-68/h3-45H,1-2H3. The second-order valence-electron chi connectivity index (χ2n) is 18.7. The quantitative estimate of drug-likeness (QED) is 0.128. The molecule has 0 spiro atoms. The van der Waals surface area contributed by atoms with Gasteiger partial charge in [0.05, 0.1) is 17.1 Å². The van der Waals surface area contributed by atoms with Crippen molar-refractivity contribution in [2.75, 3.05) is 14.7 Å². The fraction of sp³-hybridized carbons (Fsp3) is 0.0294. The molecule has 0 aliphatic carbocycles. The van der Waals surface area contributed by atoms with Gasteiger partial charge < -0.3 is 19.1 Å². The predicted molar refractivity (Wildman–Crippen MR) is 305 cm³/mol. The fourth-order valence-electron chi connectivity index (χ4n) is 10.7. The van der Waals surface area contributed by atoms with Gasteiger partial charge in [0, 0.05) is 44.9 Å². The largest absolute Gasteiger partial charge is 0.456 e. The number of para-hydroxylation sites is 3. The fourth-order valence-corrected chi connectivity index (χ4v) is 10.7. The molecule has 0 atom stereocenters. The van der Waals surface area contributed by atoms with Gasteiger partial charge in [0.1, 0.15) is 11.2 Å². The first-order chi connectivity index (χ1) is 35.5. The Hall–Kier alpha value is -9.38. The number of nitrogens with zero attached hydrogens (tertiary/aromatic N) is 3. The highest BCUT2D eigenvalue weighted by molar-refractivity contribution is 6.26. The van der Waals surface area contributed by atoms with Crippen LogP contribution in [-0.4, -0.2) is 0 Å². The second kappa shape index (κ2) is 17.9. The highest BCUT2D eigenvalue weighted by Crippen LogP contribution is 2.48. The molecule has 0 N–H and O–H groups in total. The molecule has 0 amide bonds. The van der Waals surface area contributed by atoms with E-state index in [0.717, 1.165) is 84.3 Å². The van der Waals surface area contributed by atoms with Crippen LogP contribution in [0.3, 0.4) is 0 Å². The Morgan fingerprint density at radius 2 is 0.611 bits per heavy atom. The Kier molecular flexibility index (Phi) is 10.6. The van der Waals surface area contributed by atoms with Gasteiger partial charge in [-0.15, -0.1) is 0 Å². The van der Waals surface area contributed by atoms with Crippen molar-refractivity contribution >= 4 is 105 Å². The third-order valence-corrected chi connectivity index (χ3v) is 14.0. The Morgan fingerprint density at radius 3 is 1.14 bits per heavy atom. The van der Waals surface area contributed by atoms with E-state index in [2.05, 4.69) is 277 Å². The van der Waals surface area contributed by atoms with Crippen molar-refractivity contribution in [2.45, 2.75) is 13.8 Å². The maximum atomic E-state index is 6.24. The molecule has 0 saturated carbocycles. The molecule has 0 radical (unpaired) electrons. The molecule has 0 saturated heterocycles. The normalized spacial score (nSPS) is 11.5. The van der Waals surface area contributed by atoms with E-state index in [1.807, 2.05) is 12.1 Å². The van der Waals surface area contributed by atoms with E-state index in [9.17, 15) is 0 Å². The van der Waals surface area contributed by atoms with E-state index < -0.39 is 0 Å². The van der Waals surface area contributed by atoms with E-state index in [1.165, 1.54) is 43.4 Å². The number of hydrogen-bond donors (Lipinski definition) is 0. The topological polar surface area (TPSA) is 22.9 Å². The SMILES string of the molecule is Cc1cccc(N(c2ccccc2)c2cc(N(c3ccccc3)c3cccc(C)c3)cc(N(c3ccc(-c4ccc5oc6ccccc6c5c4)cc3)c3ccc4c5ccccc5c5ccccc5c4c3)c2)c1. The number of rotatable bonds is 10. The summed E-state index contributed by atoms with van der Waals surface area (Å²) in [6, 6.07) is 94.6. The van der Waals surface area contributed by atoms with Gasteiger partial charge in [-0.2, -0.15) is 0 Å². The molecular formula is C68H49N3O. The third-order valence-electron chi connectivity index (χ3n) is 14.0. The Balaban J connectivity index is 1.08. The minimum atomic E-state index is 0.889. The molecule has 12 aromatic carbocycles. The zero-order valence-electron chi connectivity index (χ0n) is 40.1. The van der Waals surface area contributed by atoms with Crippen molar-refractivity contribution in [3.63, 3.8) is 0 Å². The number of furan rings is 1. The average molecular weight is 924 g/mol. The molecule has 0 unspecified atom stereocenters. The number of benzene rings is 12. The summed E-state index contributed by atoms with van der Waals surface area (Å²) in [4.78, 5) is 7.21. The van der Waals surface area contributed by atoms with Crippen LogP contribution < -0.4 is 14.7 Å². The molecule has 342 valence electrons. The van der Waals surface area contributed by atoms with Crippen molar-refractivity contribution < 1.29 is 4.42 Å². The van der Waals surface area contributed by atoms with Crippen LogP contribution in [-0.2, 0) is 0 Å². The van der Waals surface area contributed by atoms with Gasteiger partial charge in [-0.3, -0.25) is 0 Å². The Labute approximate surface area is 419 Å². The molecule has 0 aliphatic heterocycles. The molecule has 1 aromatic heterocycles. The lowest BCUT2D eigenvalue weighted by Crippen LogP contribution is -2.16. The lowest BCUT2D eigenvalue weighted by atomic mass is 9.94. The molecule has 0 aliphatic rings. The molecule has 13 rings (SSSR count). The summed E-state index contributed by atoms with van der Waals surface area (Å²) in [6.07, 6.45) is 0. The first-order valence-electron chi connectivity index (χ1n) is 24.6. The van der Waals surface area contributed by atoms with Crippen molar-refractivity contribution in [1.82, 2.24) is 0 Å². The minimum absolute atomic E-state index is 0.889. The number of hydrogen-bond acceptors (Lipinski definition) is 4. The van der Waals surface area contributed by atoms with Crippen LogP contribution in [0.5, 0.6) is 0 Å². The number of fused-ring (bicyclic) bond motifs is 9. The van der Waals surface area contributed by atoms with Crippen LogP contribution in [0.15, 0.2) is 265 Å². The van der Waals surface area contributed by atoms with E-state index in [0.29, 0.717) is 0 Å². The first kappa shape index (κ1) is 42.7. The number of aryl methyl sites for hydroxylation is 2. The van der Waals surface area contributed by atoms with Crippen LogP contribution in [0.4, 0.5) is 51.2 Å². The second-order valence-corrected chi connectivity index (χ2v) is 18.7. The van der Waals surface area contributed by atoms with E-state index in [4.69, 9.17) is 4.42 Å². The third kappa shape index (κ3) is 7.67. The Bertz CT molecular complexity index is 4000. The van der Waals surface area contributed by atoms with Crippen LogP contribution in [0.25, 0.3) is 65.4 Å². The predicted octanol–water partition coefficient (Wildman–Crippen LogP) is 19.7. The smallest absolute Gasteiger partial charge is 0.135 e. The summed E-state index contributed by atoms with van der Waals surface area (Å²) >= 11 is 0. The first-order valence-corrected chi connectivity index (χ1v) is 24.6. The molecule has 4 nitrogen and oxygen atoms in total. The van der Waals surface area contributed by atoms with Gasteiger partial charge >= 0.3 is 0 Å². The highest BCUT2D eigenvalue weighted by atomic mass is 16.3. The molecular weight excluding hydrogens is 875 g/mol. The Morgan fingerprint density at radius 1 is 0.222 bits per heavy atom. The zero-order valence-corrected chi connectivity index (χ0v) is 40.1. The number of anilines is 9. The summed E-state index contributed by atoms with van der Waals surface area (Å²) in [6.45, 7) is 4.33. The molecule has 72 heavy (non-hydrogen) atoms. The monoisotopic (exact) mass is 923 g/mol. The molecule has 13 aromatic rings. The lowest BCUT2D eigenvalue weighted by molar-refractivity contribution is 0.669. The maximum Gasteiger partial charge on any atom is 0.135 e. The van der Waals surface area contributed by atoms with Gasteiger partial charge in [-0.05, 0) is 178 Å². The van der Waals surface area contributed by atoms with Crippen molar-refractivity contribution in [3.8, 4) is 11.1 Å². The van der Waals surface area contributed by atoms with Gasteiger partial charge in [-0.1, -0.05) is 152 Å². The molecule has 4 heteroatoms. The van der Waals surface area contributed by atoms with Gasteiger partial charge in [0.2, 0.25) is 0 Å². The van der Waals surface area contributed by atoms with Crippen LogP contribution in [0.1, 0.15) is 11.1 Å². The van der Waals surface area contributed by atoms with Crippen LogP contribution in [0, 0.1) is 13.8 Å².